The molecular formula is C12H21N3. The Kier molecular flexibility index (Phi) is 5.29. The third-order valence-corrected chi connectivity index (χ3v) is 2.38. The first-order chi connectivity index (χ1) is 7.24. The number of rotatable bonds is 6. The molecular weight excluding hydrogens is 186 g/mol. The summed E-state index contributed by atoms with van der Waals surface area (Å²) in [6, 6.07) is 4.19. The van der Waals surface area contributed by atoms with E-state index < -0.39 is 0 Å². The lowest BCUT2D eigenvalue weighted by Crippen LogP contribution is -2.15. The largest absolute Gasteiger partial charge is 0.314 e. The first-order valence-corrected chi connectivity index (χ1v) is 5.46. The number of hydrogen-bond acceptors (Lipinski definition) is 3. The minimum Gasteiger partial charge on any atom is -0.314 e. The maximum atomic E-state index is 4.39. The average molecular weight is 207 g/mol. The number of aryl methyl sites for hydroxylation is 1. The Balaban J connectivity index is 2.51. The van der Waals surface area contributed by atoms with Crippen LogP contribution in [-0.4, -0.2) is 37.6 Å². The van der Waals surface area contributed by atoms with Crippen LogP contribution >= 0.6 is 0 Å². The fraction of sp³-hybridized carbons (Fsp3) is 0.583. The van der Waals surface area contributed by atoms with Crippen molar-refractivity contribution in [3.05, 3.63) is 29.6 Å². The maximum Gasteiger partial charge on any atom is 0.0573 e. The Morgan fingerprint density at radius 3 is 2.87 bits per heavy atom. The summed E-state index contributed by atoms with van der Waals surface area (Å²) in [6.45, 7) is 1.99. The van der Waals surface area contributed by atoms with E-state index in [1.165, 1.54) is 17.7 Å². The molecule has 0 saturated heterocycles. The van der Waals surface area contributed by atoms with Crippen LogP contribution in [0, 0.1) is 0 Å². The highest BCUT2D eigenvalue weighted by atomic mass is 15.0. The molecule has 0 aliphatic rings. The molecule has 0 unspecified atom stereocenters. The van der Waals surface area contributed by atoms with Crippen LogP contribution in [0.2, 0.25) is 0 Å². The van der Waals surface area contributed by atoms with Crippen molar-refractivity contribution in [1.29, 1.82) is 0 Å². The molecule has 0 bridgehead atoms. The standard InChI is InChI=1S/C12H21N3/c1-13-10-12-11(6-4-8-14-12)7-5-9-15(2)3/h4,6,8,13H,5,7,9-10H2,1-3H3. The summed E-state index contributed by atoms with van der Waals surface area (Å²) in [4.78, 5) is 6.61. The van der Waals surface area contributed by atoms with Gasteiger partial charge in [0.25, 0.3) is 0 Å². The van der Waals surface area contributed by atoms with E-state index in [9.17, 15) is 0 Å². The molecule has 0 radical (unpaired) electrons. The van der Waals surface area contributed by atoms with E-state index >= 15 is 0 Å². The molecule has 3 nitrogen and oxygen atoms in total. The van der Waals surface area contributed by atoms with Crippen LogP contribution in [0.25, 0.3) is 0 Å². The van der Waals surface area contributed by atoms with Crippen molar-refractivity contribution < 1.29 is 0 Å². The van der Waals surface area contributed by atoms with E-state index in [1.807, 2.05) is 19.3 Å². The van der Waals surface area contributed by atoms with Gasteiger partial charge < -0.3 is 10.2 Å². The second-order valence-corrected chi connectivity index (χ2v) is 4.05. The first kappa shape index (κ1) is 12.1. The molecule has 1 heterocycles. The molecule has 0 saturated carbocycles. The third-order valence-electron chi connectivity index (χ3n) is 2.38. The summed E-state index contributed by atoms with van der Waals surface area (Å²) in [7, 11) is 6.17. The lowest BCUT2D eigenvalue weighted by atomic mass is 10.1. The lowest BCUT2D eigenvalue weighted by molar-refractivity contribution is 0.400. The molecule has 0 atom stereocenters. The molecule has 15 heavy (non-hydrogen) atoms. The van der Waals surface area contributed by atoms with Crippen molar-refractivity contribution in [3.63, 3.8) is 0 Å². The highest BCUT2D eigenvalue weighted by Crippen LogP contribution is 2.08. The average Bonchev–Trinajstić information content (AvgIpc) is 2.20. The molecule has 0 amide bonds. The van der Waals surface area contributed by atoms with E-state index in [4.69, 9.17) is 0 Å². The van der Waals surface area contributed by atoms with Crippen molar-refractivity contribution in [1.82, 2.24) is 15.2 Å². The van der Waals surface area contributed by atoms with Gasteiger partial charge in [0.15, 0.2) is 0 Å². The van der Waals surface area contributed by atoms with Crippen molar-refractivity contribution in [2.24, 2.45) is 0 Å². The van der Waals surface area contributed by atoms with Gasteiger partial charge in [-0.15, -0.1) is 0 Å². The van der Waals surface area contributed by atoms with Crippen LogP contribution in [0.15, 0.2) is 18.3 Å². The number of hydrogen-bond donors (Lipinski definition) is 1. The molecule has 0 aliphatic carbocycles. The van der Waals surface area contributed by atoms with Gasteiger partial charge in [0, 0.05) is 12.7 Å². The summed E-state index contributed by atoms with van der Waals surface area (Å²) in [6.07, 6.45) is 4.17. The van der Waals surface area contributed by atoms with Gasteiger partial charge in [-0.2, -0.15) is 0 Å². The molecule has 3 heteroatoms. The van der Waals surface area contributed by atoms with Gasteiger partial charge in [-0.3, -0.25) is 4.98 Å². The predicted octanol–water partition coefficient (Wildman–Crippen LogP) is 1.30. The molecule has 1 aromatic rings. The van der Waals surface area contributed by atoms with Crippen LogP contribution in [-0.2, 0) is 13.0 Å². The zero-order valence-electron chi connectivity index (χ0n) is 9.95. The molecule has 0 aromatic carbocycles. The first-order valence-electron chi connectivity index (χ1n) is 5.46. The summed E-state index contributed by atoms with van der Waals surface area (Å²) < 4.78 is 0. The van der Waals surface area contributed by atoms with Crippen LogP contribution in [0.1, 0.15) is 17.7 Å². The normalized spacial score (nSPS) is 10.9. The minimum atomic E-state index is 0.859. The topological polar surface area (TPSA) is 28.2 Å². The van der Waals surface area contributed by atoms with Crippen molar-refractivity contribution in [2.75, 3.05) is 27.7 Å². The molecule has 0 spiro atoms. The second-order valence-electron chi connectivity index (χ2n) is 4.05. The van der Waals surface area contributed by atoms with Crippen LogP contribution in [0.5, 0.6) is 0 Å². The van der Waals surface area contributed by atoms with Gasteiger partial charge in [0.05, 0.1) is 5.69 Å². The van der Waals surface area contributed by atoms with Crippen molar-refractivity contribution in [3.8, 4) is 0 Å². The highest BCUT2D eigenvalue weighted by molar-refractivity contribution is 5.19. The van der Waals surface area contributed by atoms with E-state index in [0.29, 0.717) is 0 Å². The quantitative estimate of drug-likeness (QED) is 0.762. The molecule has 0 fully saturated rings. The SMILES string of the molecule is CNCc1ncccc1CCCN(C)C. The Morgan fingerprint density at radius 1 is 1.40 bits per heavy atom. The zero-order chi connectivity index (χ0) is 11.1. The monoisotopic (exact) mass is 207 g/mol. The Labute approximate surface area is 92.5 Å². The second kappa shape index (κ2) is 6.53. The molecule has 1 N–H and O–H groups in total. The van der Waals surface area contributed by atoms with Crippen molar-refractivity contribution >= 4 is 0 Å². The summed E-state index contributed by atoms with van der Waals surface area (Å²) >= 11 is 0. The number of nitrogens with zero attached hydrogens (tertiary/aromatic N) is 2. The molecule has 1 rings (SSSR count). The summed E-state index contributed by atoms with van der Waals surface area (Å²) in [5, 5.41) is 3.15. The molecule has 84 valence electrons. The van der Waals surface area contributed by atoms with Crippen molar-refractivity contribution in [2.45, 2.75) is 19.4 Å². The van der Waals surface area contributed by atoms with E-state index in [1.54, 1.807) is 0 Å². The van der Waals surface area contributed by atoms with E-state index in [2.05, 4.69) is 35.4 Å². The van der Waals surface area contributed by atoms with Gasteiger partial charge in [-0.25, -0.2) is 0 Å². The van der Waals surface area contributed by atoms with Crippen LogP contribution < -0.4 is 5.32 Å². The van der Waals surface area contributed by atoms with Gasteiger partial charge >= 0.3 is 0 Å². The smallest absolute Gasteiger partial charge is 0.0573 e. The third kappa shape index (κ3) is 4.40. The van der Waals surface area contributed by atoms with Crippen LogP contribution in [0.4, 0.5) is 0 Å². The van der Waals surface area contributed by atoms with E-state index in [-0.39, 0.29) is 0 Å². The Hall–Kier alpha value is -0.930. The lowest BCUT2D eigenvalue weighted by Gasteiger charge is -2.11. The van der Waals surface area contributed by atoms with Gasteiger partial charge in [0.2, 0.25) is 0 Å². The summed E-state index contributed by atoms with van der Waals surface area (Å²) in [5.74, 6) is 0. The minimum absolute atomic E-state index is 0.859. The molecule has 0 aliphatic heterocycles. The van der Waals surface area contributed by atoms with E-state index in [0.717, 1.165) is 19.5 Å². The van der Waals surface area contributed by atoms with Gasteiger partial charge in [-0.1, -0.05) is 6.07 Å². The summed E-state index contributed by atoms with van der Waals surface area (Å²) in [5.41, 5.74) is 2.55. The number of pyridine rings is 1. The Bertz CT molecular complexity index is 284. The zero-order valence-corrected chi connectivity index (χ0v) is 9.95. The fourth-order valence-electron chi connectivity index (χ4n) is 1.61. The predicted molar refractivity (Wildman–Crippen MR) is 63.9 cm³/mol. The molecule has 1 aromatic heterocycles. The van der Waals surface area contributed by atoms with Gasteiger partial charge in [-0.05, 0) is 52.2 Å². The number of nitrogens with one attached hydrogen (secondary N) is 1. The van der Waals surface area contributed by atoms with Crippen LogP contribution in [0.3, 0.4) is 0 Å². The highest BCUT2D eigenvalue weighted by Gasteiger charge is 2.02. The number of aromatic nitrogens is 1. The Morgan fingerprint density at radius 2 is 2.20 bits per heavy atom. The van der Waals surface area contributed by atoms with Gasteiger partial charge in [0.1, 0.15) is 0 Å². The maximum absolute atomic E-state index is 4.39. The fourth-order valence-corrected chi connectivity index (χ4v) is 1.61.